The molecule has 1 unspecified atom stereocenters. The van der Waals surface area contributed by atoms with Gasteiger partial charge < -0.3 is 4.55 Å². The molecule has 1 aliphatic heterocycles. The van der Waals surface area contributed by atoms with Crippen LogP contribution in [0.4, 0.5) is 0 Å². The first-order valence-corrected chi connectivity index (χ1v) is 4.46. The summed E-state index contributed by atoms with van der Waals surface area (Å²) >= 11 is -0.644. The molecule has 0 aliphatic carbocycles. The van der Waals surface area contributed by atoms with E-state index in [-0.39, 0.29) is 4.75 Å². The molecule has 0 bridgehead atoms. The van der Waals surface area contributed by atoms with Gasteiger partial charge in [-0.05, 0) is 25.0 Å². The molecule has 0 aromatic rings. The van der Waals surface area contributed by atoms with E-state index in [1.54, 1.807) is 0 Å². The van der Waals surface area contributed by atoms with Crippen molar-refractivity contribution in [3.63, 3.8) is 0 Å². The maximum absolute atomic E-state index is 11.2. The molecule has 0 aromatic carbocycles. The monoisotopic (exact) mass is 146 g/mol. The maximum Gasteiger partial charge on any atom is 0.134 e. The Morgan fingerprint density at radius 3 is 2.56 bits per heavy atom. The quantitative estimate of drug-likeness (QED) is 0.448. The Morgan fingerprint density at radius 2 is 2.22 bits per heavy atom. The average molecular weight is 146 g/mol. The van der Waals surface area contributed by atoms with Gasteiger partial charge in [-0.3, -0.25) is 0 Å². The number of nitrogens with zero attached hydrogens (tertiary/aromatic N) is 1. The van der Waals surface area contributed by atoms with Crippen LogP contribution in [0.15, 0.2) is 0 Å². The van der Waals surface area contributed by atoms with Gasteiger partial charge in [-0.25, -0.2) is 5.32 Å². The minimum atomic E-state index is -0.644. The molecule has 9 heavy (non-hydrogen) atoms. The summed E-state index contributed by atoms with van der Waals surface area (Å²) in [5, 5.41) is 4.19. The lowest BCUT2D eigenvalue weighted by Crippen LogP contribution is -2.47. The van der Waals surface area contributed by atoms with Crippen LogP contribution in [-0.2, 0) is 11.2 Å². The summed E-state index contributed by atoms with van der Waals surface area (Å²) in [6.07, 6.45) is 0. The highest BCUT2D eigenvalue weighted by Crippen LogP contribution is 2.19. The molecule has 1 rings (SSSR count). The van der Waals surface area contributed by atoms with Gasteiger partial charge in [0.05, 0.1) is 13.1 Å². The average Bonchev–Trinajstić information content (AvgIpc) is 1.77. The van der Waals surface area contributed by atoms with Crippen molar-refractivity contribution in [3.05, 3.63) is 0 Å². The number of hydrogen-bond donors (Lipinski definition) is 0. The largest absolute Gasteiger partial charge is 0.616 e. The van der Waals surface area contributed by atoms with Gasteiger partial charge in [0, 0.05) is 0 Å². The van der Waals surface area contributed by atoms with Crippen molar-refractivity contribution < 1.29 is 4.55 Å². The van der Waals surface area contributed by atoms with Crippen LogP contribution in [0.5, 0.6) is 0 Å². The molecule has 1 atom stereocenters. The van der Waals surface area contributed by atoms with Crippen LogP contribution >= 0.6 is 0 Å². The Balaban J connectivity index is 2.49. The van der Waals surface area contributed by atoms with Crippen LogP contribution in [0.1, 0.15) is 13.8 Å². The Labute approximate surface area is 59.2 Å². The van der Waals surface area contributed by atoms with Crippen LogP contribution in [0.3, 0.4) is 0 Å². The van der Waals surface area contributed by atoms with Crippen LogP contribution in [0.2, 0.25) is 0 Å². The minimum Gasteiger partial charge on any atom is -0.616 e. The van der Waals surface area contributed by atoms with E-state index >= 15 is 0 Å². The topological polar surface area (TPSA) is 37.2 Å². The second kappa shape index (κ2) is 2.48. The Morgan fingerprint density at radius 1 is 1.56 bits per heavy atom. The lowest BCUT2D eigenvalue weighted by Gasteiger charge is -2.31. The standard InChI is InChI=1S/C6H12NOS/c1-6(2)5-7-3-4-9(6)8/h3-5H2,1-2H3. The summed E-state index contributed by atoms with van der Waals surface area (Å²) in [6.45, 7) is 5.56. The molecular formula is C6H12NOS. The van der Waals surface area contributed by atoms with Gasteiger partial charge in [-0.1, -0.05) is 0 Å². The molecule has 0 N–H and O–H groups in total. The summed E-state index contributed by atoms with van der Waals surface area (Å²) < 4.78 is 11.1. The molecule has 53 valence electrons. The van der Waals surface area contributed by atoms with E-state index in [9.17, 15) is 4.55 Å². The molecule has 1 fully saturated rings. The molecule has 1 heterocycles. The predicted octanol–water partition coefficient (Wildman–Crippen LogP) is 0.132. The van der Waals surface area contributed by atoms with Gasteiger partial charge in [0.15, 0.2) is 0 Å². The summed E-state index contributed by atoms with van der Waals surface area (Å²) in [6, 6.07) is 0. The SMILES string of the molecule is CC1(C)C[N]CC[S+]1[O-]. The minimum absolute atomic E-state index is 0.0573. The zero-order valence-electron chi connectivity index (χ0n) is 5.89. The summed E-state index contributed by atoms with van der Waals surface area (Å²) in [5.74, 6) is 0.757. The summed E-state index contributed by atoms with van der Waals surface area (Å²) in [4.78, 5) is 0. The fourth-order valence-electron chi connectivity index (χ4n) is 0.844. The first kappa shape index (κ1) is 7.38. The van der Waals surface area contributed by atoms with Crippen LogP contribution in [0.25, 0.3) is 0 Å². The van der Waals surface area contributed by atoms with Gasteiger partial charge in [0.25, 0.3) is 0 Å². The predicted molar refractivity (Wildman–Crippen MR) is 39.0 cm³/mol. The Hall–Kier alpha value is 0.270. The van der Waals surface area contributed by atoms with E-state index in [1.165, 1.54) is 0 Å². The molecule has 3 heteroatoms. The number of rotatable bonds is 0. The highest BCUT2D eigenvalue weighted by Gasteiger charge is 2.34. The van der Waals surface area contributed by atoms with Crippen LogP contribution in [-0.4, -0.2) is 28.1 Å². The van der Waals surface area contributed by atoms with E-state index in [2.05, 4.69) is 5.32 Å². The van der Waals surface area contributed by atoms with Gasteiger partial charge >= 0.3 is 0 Å². The Bertz CT molecular complexity index is 105. The van der Waals surface area contributed by atoms with E-state index in [1.807, 2.05) is 13.8 Å². The smallest absolute Gasteiger partial charge is 0.134 e. The fraction of sp³-hybridized carbons (Fsp3) is 1.00. The molecular weight excluding hydrogens is 134 g/mol. The third kappa shape index (κ3) is 1.60. The van der Waals surface area contributed by atoms with Crippen molar-refractivity contribution in [2.45, 2.75) is 18.6 Å². The van der Waals surface area contributed by atoms with Gasteiger partial charge in [-0.15, -0.1) is 0 Å². The number of hydrogen-bond acceptors (Lipinski definition) is 1. The van der Waals surface area contributed by atoms with Crippen molar-refractivity contribution in [2.24, 2.45) is 0 Å². The second-order valence-corrected chi connectivity index (χ2v) is 5.12. The summed E-state index contributed by atoms with van der Waals surface area (Å²) in [7, 11) is 0. The van der Waals surface area contributed by atoms with Crippen LogP contribution < -0.4 is 5.32 Å². The van der Waals surface area contributed by atoms with Crippen molar-refractivity contribution in [1.82, 2.24) is 5.32 Å². The van der Waals surface area contributed by atoms with Gasteiger partial charge in [-0.2, -0.15) is 0 Å². The van der Waals surface area contributed by atoms with Gasteiger partial charge in [0.2, 0.25) is 0 Å². The normalized spacial score (nSPS) is 34.3. The lowest BCUT2D eigenvalue weighted by atomic mass is 10.2. The van der Waals surface area contributed by atoms with E-state index < -0.39 is 11.2 Å². The maximum atomic E-state index is 11.2. The fourth-order valence-corrected chi connectivity index (χ4v) is 1.93. The molecule has 2 nitrogen and oxygen atoms in total. The molecule has 1 aliphatic rings. The van der Waals surface area contributed by atoms with Crippen LogP contribution in [0, 0.1) is 0 Å². The van der Waals surface area contributed by atoms with Crippen molar-refractivity contribution in [3.8, 4) is 0 Å². The van der Waals surface area contributed by atoms with E-state index in [0.717, 1.165) is 18.8 Å². The highest BCUT2D eigenvalue weighted by atomic mass is 32.2. The molecule has 1 saturated heterocycles. The first-order valence-electron chi connectivity index (χ1n) is 3.15. The zero-order chi connectivity index (χ0) is 6.91. The zero-order valence-corrected chi connectivity index (χ0v) is 6.70. The lowest BCUT2D eigenvalue weighted by molar-refractivity contribution is 0.493. The van der Waals surface area contributed by atoms with Crippen molar-refractivity contribution in [1.29, 1.82) is 0 Å². The summed E-state index contributed by atoms with van der Waals surface area (Å²) in [5.41, 5.74) is 0. The second-order valence-electron chi connectivity index (χ2n) is 2.91. The molecule has 0 spiro atoms. The highest BCUT2D eigenvalue weighted by molar-refractivity contribution is 7.92. The van der Waals surface area contributed by atoms with Crippen molar-refractivity contribution >= 4 is 11.2 Å². The molecule has 1 radical (unpaired) electrons. The Kier molecular flexibility index (Phi) is 2.03. The third-order valence-corrected chi connectivity index (χ3v) is 3.46. The molecule has 0 saturated carbocycles. The molecule has 0 amide bonds. The molecule has 0 aromatic heterocycles. The van der Waals surface area contributed by atoms with E-state index in [4.69, 9.17) is 0 Å². The first-order chi connectivity index (χ1) is 4.13. The van der Waals surface area contributed by atoms with Gasteiger partial charge in [0.1, 0.15) is 10.5 Å². The third-order valence-electron chi connectivity index (χ3n) is 1.54. The van der Waals surface area contributed by atoms with E-state index in [0.29, 0.717) is 0 Å². The van der Waals surface area contributed by atoms with Crippen molar-refractivity contribution in [2.75, 3.05) is 18.8 Å².